The van der Waals surface area contributed by atoms with Crippen LogP contribution in [0.5, 0.6) is 0 Å². The normalized spacial score (nSPS) is 17.8. The molecule has 1 aromatic heterocycles. The first-order valence-electron chi connectivity index (χ1n) is 7.95. The second-order valence-corrected chi connectivity index (χ2v) is 5.97. The van der Waals surface area contributed by atoms with Crippen molar-refractivity contribution in [1.82, 2.24) is 9.88 Å². The Morgan fingerprint density at radius 1 is 1.17 bits per heavy atom. The molecule has 1 unspecified atom stereocenters. The fourth-order valence-corrected chi connectivity index (χ4v) is 3.30. The summed E-state index contributed by atoms with van der Waals surface area (Å²) in [5.74, 6) is 0.734. The van der Waals surface area contributed by atoms with Crippen LogP contribution in [-0.4, -0.2) is 22.3 Å². The molecule has 1 saturated heterocycles. The fraction of sp³-hybridized carbons (Fsp3) is 0.263. The van der Waals surface area contributed by atoms with Crippen LogP contribution in [-0.2, 0) is 4.79 Å². The first-order valence-corrected chi connectivity index (χ1v) is 7.95. The summed E-state index contributed by atoms with van der Waals surface area (Å²) in [5.41, 5.74) is 3.89. The average molecular weight is 306 g/mol. The molecule has 2 heterocycles. The predicted octanol–water partition coefficient (Wildman–Crippen LogP) is 4.18. The van der Waals surface area contributed by atoms with Crippen molar-refractivity contribution in [3.8, 4) is 11.1 Å². The summed E-state index contributed by atoms with van der Waals surface area (Å²) in [5, 5.41) is 0. The van der Waals surface area contributed by atoms with E-state index in [1.54, 1.807) is 6.92 Å². The van der Waals surface area contributed by atoms with Crippen molar-refractivity contribution >= 4 is 17.0 Å². The van der Waals surface area contributed by atoms with E-state index in [-0.39, 0.29) is 11.9 Å². The van der Waals surface area contributed by atoms with Crippen LogP contribution in [0.25, 0.3) is 22.2 Å². The predicted molar refractivity (Wildman–Crippen MR) is 88.8 cm³/mol. The van der Waals surface area contributed by atoms with Gasteiger partial charge in [0.05, 0.1) is 0 Å². The zero-order valence-electron chi connectivity index (χ0n) is 13.0. The van der Waals surface area contributed by atoms with Gasteiger partial charge in [0, 0.05) is 13.5 Å². The Balaban J connectivity index is 1.72. The highest BCUT2D eigenvalue weighted by Gasteiger charge is 2.31. The number of oxazole rings is 1. The summed E-state index contributed by atoms with van der Waals surface area (Å²) in [4.78, 5) is 18.2. The van der Waals surface area contributed by atoms with Crippen molar-refractivity contribution < 1.29 is 9.21 Å². The van der Waals surface area contributed by atoms with Crippen LogP contribution in [0.15, 0.2) is 52.9 Å². The molecular formula is C19H18N2O2. The van der Waals surface area contributed by atoms with E-state index in [4.69, 9.17) is 4.42 Å². The number of fused-ring (bicyclic) bond motifs is 1. The molecule has 23 heavy (non-hydrogen) atoms. The molecule has 4 heteroatoms. The van der Waals surface area contributed by atoms with Crippen molar-refractivity contribution in [3.63, 3.8) is 0 Å². The Morgan fingerprint density at radius 2 is 2.00 bits per heavy atom. The third-order valence-electron chi connectivity index (χ3n) is 4.45. The summed E-state index contributed by atoms with van der Waals surface area (Å²) in [6.07, 6.45) is 1.91. The van der Waals surface area contributed by atoms with E-state index in [1.807, 2.05) is 41.3 Å². The Labute approximate surface area is 134 Å². The molecule has 1 atom stereocenters. The number of benzene rings is 2. The smallest absolute Gasteiger partial charge is 0.220 e. The number of aromatic nitrogens is 1. The molecule has 4 rings (SSSR count). The molecule has 4 nitrogen and oxygen atoms in total. The lowest BCUT2D eigenvalue weighted by atomic mass is 10.1. The van der Waals surface area contributed by atoms with Crippen molar-refractivity contribution in [2.45, 2.75) is 25.8 Å². The molecule has 116 valence electrons. The second kappa shape index (κ2) is 5.54. The standard InChI is InChI=1S/C19H18N2O2/c1-13(22)21-11-5-8-17(21)19-20-16-12-15(9-10-18(16)23-19)14-6-3-2-4-7-14/h2-4,6-7,9-10,12,17H,5,8,11H2,1H3. The van der Waals surface area contributed by atoms with Crippen LogP contribution >= 0.6 is 0 Å². The Hall–Kier alpha value is -2.62. The van der Waals surface area contributed by atoms with E-state index >= 15 is 0 Å². The van der Waals surface area contributed by atoms with Gasteiger partial charge in [-0.25, -0.2) is 4.98 Å². The zero-order chi connectivity index (χ0) is 15.8. The lowest BCUT2D eigenvalue weighted by Gasteiger charge is -2.19. The summed E-state index contributed by atoms with van der Waals surface area (Å²) >= 11 is 0. The van der Waals surface area contributed by atoms with E-state index in [1.165, 1.54) is 0 Å². The maximum absolute atomic E-state index is 11.7. The maximum Gasteiger partial charge on any atom is 0.220 e. The number of carbonyl (C=O) groups is 1. The number of hydrogen-bond acceptors (Lipinski definition) is 3. The van der Waals surface area contributed by atoms with Gasteiger partial charge >= 0.3 is 0 Å². The number of nitrogens with zero attached hydrogens (tertiary/aromatic N) is 2. The molecule has 0 aliphatic carbocycles. The number of carbonyl (C=O) groups excluding carboxylic acids is 1. The minimum absolute atomic E-state index is 0.0277. The quantitative estimate of drug-likeness (QED) is 0.713. The van der Waals surface area contributed by atoms with Crippen molar-refractivity contribution in [2.24, 2.45) is 0 Å². The molecule has 1 fully saturated rings. The van der Waals surface area contributed by atoms with Gasteiger partial charge in [-0.15, -0.1) is 0 Å². The highest BCUT2D eigenvalue weighted by molar-refractivity contribution is 5.80. The highest BCUT2D eigenvalue weighted by Crippen LogP contribution is 2.34. The molecule has 0 saturated carbocycles. The molecule has 1 aliphatic rings. The molecule has 3 aromatic rings. The number of amides is 1. The van der Waals surface area contributed by atoms with Gasteiger partial charge in [-0.2, -0.15) is 0 Å². The molecule has 0 spiro atoms. The largest absolute Gasteiger partial charge is 0.438 e. The van der Waals surface area contributed by atoms with Crippen molar-refractivity contribution in [3.05, 3.63) is 54.4 Å². The number of rotatable bonds is 2. The lowest BCUT2D eigenvalue weighted by Crippen LogP contribution is -2.28. The van der Waals surface area contributed by atoms with Crippen LogP contribution in [0.3, 0.4) is 0 Å². The maximum atomic E-state index is 11.7. The van der Waals surface area contributed by atoms with Gasteiger partial charge < -0.3 is 9.32 Å². The van der Waals surface area contributed by atoms with Gasteiger partial charge in [0.25, 0.3) is 0 Å². The van der Waals surface area contributed by atoms with Crippen LogP contribution < -0.4 is 0 Å². The fourth-order valence-electron chi connectivity index (χ4n) is 3.30. The molecule has 0 N–H and O–H groups in total. The second-order valence-electron chi connectivity index (χ2n) is 5.97. The molecular weight excluding hydrogens is 288 g/mol. The third-order valence-corrected chi connectivity index (χ3v) is 4.45. The Morgan fingerprint density at radius 3 is 2.78 bits per heavy atom. The number of hydrogen-bond donors (Lipinski definition) is 0. The Bertz CT molecular complexity index is 854. The van der Waals surface area contributed by atoms with Gasteiger partial charge in [0.1, 0.15) is 11.6 Å². The molecule has 1 amide bonds. The van der Waals surface area contributed by atoms with Gasteiger partial charge in [-0.3, -0.25) is 4.79 Å². The van der Waals surface area contributed by atoms with Gasteiger partial charge in [0.2, 0.25) is 11.8 Å². The minimum atomic E-state index is -0.0277. The van der Waals surface area contributed by atoms with Gasteiger partial charge in [-0.1, -0.05) is 36.4 Å². The van der Waals surface area contributed by atoms with E-state index in [2.05, 4.69) is 17.1 Å². The number of likely N-dealkylation sites (tertiary alicyclic amines) is 1. The van der Waals surface area contributed by atoms with Gasteiger partial charge in [-0.05, 0) is 36.1 Å². The lowest BCUT2D eigenvalue weighted by molar-refractivity contribution is -0.130. The van der Waals surface area contributed by atoms with Crippen LogP contribution in [0.2, 0.25) is 0 Å². The first-order chi connectivity index (χ1) is 11.2. The molecule has 0 radical (unpaired) electrons. The SMILES string of the molecule is CC(=O)N1CCCC1c1nc2cc(-c3ccccc3)ccc2o1. The highest BCUT2D eigenvalue weighted by atomic mass is 16.3. The third kappa shape index (κ3) is 2.50. The summed E-state index contributed by atoms with van der Waals surface area (Å²) < 4.78 is 5.92. The molecule has 1 aliphatic heterocycles. The summed E-state index contributed by atoms with van der Waals surface area (Å²) in [6.45, 7) is 2.39. The summed E-state index contributed by atoms with van der Waals surface area (Å²) in [7, 11) is 0. The van der Waals surface area contributed by atoms with Crippen LogP contribution in [0, 0.1) is 0 Å². The van der Waals surface area contributed by atoms with E-state index in [9.17, 15) is 4.79 Å². The van der Waals surface area contributed by atoms with E-state index in [0.29, 0.717) is 5.89 Å². The summed E-state index contributed by atoms with van der Waals surface area (Å²) in [6, 6.07) is 16.2. The first kappa shape index (κ1) is 14.0. The van der Waals surface area contributed by atoms with Crippen LogP contribution in [0.1, 0.15) is 31.7 Å². The van der Waals surface area contributed by atoms with Crippen LogP contribution in [0.4, 0.5) is 0 Å². The van der Waals surface area contributed by atoms with Gasteiger partial charge in [0.15, 0.2) is 5.58 Å². The van der Waals surface area contributed by atoms with E-state index in [0.717, 1.165) is 41.6 Å². The Kier molecular flexibility index (Phi) is 3.37. The topological polar surface area (TPSA) is 46.3 Å². The van der Waals surface area contributed by atoms with E-state index < -0.39 is 0 Å². The monoisotopic (exact) mass is 306 g/mol. The molecule has 2 aromatic carbocycles. The molecule has 0 bridgehead atoms. The van der Waals surface area contributed by atoms with Crippen molar-refractivity contribution in [1.29, 1.82) is 0 Å². The minimum Gasteiger partial charge on any atom is -0.438 e. The zero-order valence-corrected chi connectivity index (χ0v) is 13.0. The average Bonchev–Trinajstić information content (AvgIpc) is 3.21. The van der Waals surface area contributed by atoms with Crippen molar-refractivity contribution in [2.75, 3.05) is 6.54 Å².